The molecule has 1 N–H and O–H groups in total. The number of halogens is 1. The number of nitrogens with one attached hydrogen (secondary N) is 1. The molecule has 4 aromatic rings. The monoisotopic (exact) mass is 414 g/mol. The van der Waals surface area contributed by atoms with Gasteiger partial charge in [0.1, 0.15) is 11.6 Å². The molecule has 4 rings (SSSR count). The Bertz CT molecular complexity index is 1190. The highest BCUT2D eigenvalue weighted by atomic mass is 19.1. The quantitative estimate of drug-likeness (QED) is 0.487. The summed E-state index contributed by atoms with van der Waals surface area (Å²) >= 11 is 0. The lowest BCUT2D eigenvalue weighted by Crippen LogP contribution is -2.24. The standard InChI is InChI=1S/C25H23FN4O/c1-18-8-7-12-21(16-18)30-23(15-14-19-9-3-2-4-10-19)28-24(29-30)25(31)27-17-20-11-5-6-13-22(20)26/h2-13,16H,14-15,17H2,1H3,(H,27,31). The molecule has 0 spiro atoms. The Kier molecular flexibility index (Phi) is 6.17. The van der Waals surface area contributed by atoms with E-state index in [1.165, 1.54) is 11.6 Å². The van der Waals surface area contributed by atoms with Gasteiger partial charge in [0, 0.05) is 18.5 Å². The summed E-state index contributed by atoms with van der Waals surface area (Å²) in [6.45, 7) is 2.08. The third-order valence-electron chi connectivity index (χ3n) is 5.00. The van der Waals surface area contributed by atoms with Crippen LogP contribution < -0.4 is 5.32 Å². The molecule has 1 heterocycles. The Hall–Kier alpha value is -3.80. The number of carbonyl (C=O) groups is 1. The molecule has 0 saturated heterocycles. The van der Waals surface area contributed by atoms with Gasteiger partial charge in [0.25, 0.3) is 5.91 Å². The maximum atomic E-state index is 13.8. The number of hydrogen-bond donors (Lipinski definition) is 1. The third kappa shape index (κ3) is 5.04. The number of nitrogens with zero attached hydrogens (tertiary/aromatic N) is 3. The van der Waals surface area contributed by atoms with Crippen LogP contribution in [0.2, 0.25) is 0 Å². The molecule has 0 atom stereocenters. The molecule has 6 heteroatoms. The maximum absolute atomic E-state index is 13.8. The molecule has 1 aromatic heterocycles. The van der Waals surface area contributed by atoms with Gasteiger partial charge in [0.2, 0.25) is 5.82 Å². The molecule has 0 radical (unpaired) electrons. The Morgan fingerprint density at radius 2 is 1.74 bits per heavy atom. The van der Waals surface area contributed by atoms with E-state index in [4.69, 9.17) is 0 Å². The normalized spacial score (nSPS) is 10.8. The number of hydrogen-bond acceptors (Lipinski definition) is 3. The molecule has 31 heavy (non-hydrogen) atoms. The SMILES string of the molecule is Cc1cccc(-n2nc(C(=O)NCc3ccccc3F)nc2CCc2ccccc2)c1. The van der Waals surface area contributed by atoms with Gasteiger partial charge in [0.15, 0.2) is 0 Å². The van der Waals surface area contributed by atoms with Crippen molar-refractivity contribution in [3.63, 3.8) is 0 Å². The van der Waals surface area contributed by atoms with Crippen molar-refractivity contribution in [1.82, 2.24) is 20.1 Å². The van der Waals surface area contributed by atoms with Crippen molar-refractivity contribution < 1.29 is 9.18 Å². The number of amides is 1. The first-order valence-corrected chi connectivity index (χ1v) is 10.2. The highest BCUT2D eigenvalue weighted by Gasteiger charge is 2.18. The molecule has 0 fully saturated rings. The molecule has 0 aliphatic rings. The molecular weight excluding hydrogens is 391 g/mol. The van der Waals surface area contributed by atoms with E-state index in [0.717, 1.165) is 17.7 Å². The van der Waals surface area contributed by atoms with Crippen molar-refractivity contribution in [2.75, 3.05) is 0 Å². The second-order valence-electron chi connectivity index (χ2n) is 7.36. The van der Waals surface area contributed by atoms with E-state index >= 15 is 0 Å². The van der Waals surface area contributed by atoms with Crippen molar-refractivity contribution in [2.24, 2.45) is 0 Å². The minimum atomic E-state index is -0.435. The first-order valence-electron chi connectivity index (χ1n) is 10.2. The molecule has 0 bridgehead atoms. The Morgan fingerprint density at radius 1 is 0.968 bits per heavy atom. The summed E-state index contributed by atoms with van der Waals surface area (Å²) in [5.41, 5.74) is 3.54. The lowest BCUT2D eigenvalue weighted by atomic mass is 10.1. The number of aryl methyl sites for hydroxylation is 3. The van der Waals surface area contributed by atoms with Crippen molar-refractivity contribution in [2.45, 2.75) is 26.3 Å². The lowest BCUT2D eigenvalue weighted by molar-refractivity contribution is 0.0940. The van der Waals surface area contributed by atoms with Gasteiger partial charge < -0.3 is 5.32 Å². The summed E-state index contributed by atoms with van der Waals surface area (Å²) in [6.07, 6.45) is 1.41. The fraction of sp³-hybridized carbons (Fsp3) is 0.160. The predicted octanol–water partition coefficient (Wildman–Crippen LogP) is 4.43. The zero-order valence-corrected chi connectivity index (χ0v) is 17.3. The molecule has 0 saturated carbocycles. The second-order valence-corrected chi connectivity index (χ2v) is 7.36. The van der Waals surface area contributed by atoms with Crippen LogP contribution >= 0.6 is 0 Å². The largest absolute Gasteiger partial charge is 0.345 e. The topological polar surface area (TPSA) is 59.8 Å². The number of benzene rings is 3. The summed E-state index contributed by atoms with van der Waals surface area (Å²) in [7, 11) is 0. The smallest absolute Gasteiger partial charge is 0.291 e. The van der Waals surface area contributed by atoms with Crippen molar-refractivity contribution in [3.05, 3.63) is 113 Å². The molecular formula is C25H23FN4O. The van der Waals surface area contributed by atoms with Gasteiger partial charge in [-0.3, -0.25) is 4.79 Å². The third-order valence-corrected chi connectivity index (χ3v) is 5.00. The van der Waals surface area contributed by atoms with E-state index in [0.29, 0.717) is 17.8 Å². The van der Waals surface area contributed by atoms with E-state index in [9.17, 15) is 9.18 Å². The maximum Gasteiger partial charge on any atom is 0.291 e. The number of aromatic nitrogens is 3. The van der Waals surface area contributed by atoms with Crippen LogP contribution in [0.3, 0.4) is 0 Å². The van der Waals surface area contributed by atoms with Crippen LogP contribution in [0.15, 0.2) is 78.9 Å². The van der Waals surface area contributed by atoms with Gasteiger partial charge in [-0.25, -0.2) is 14.1 Å². The summed E-state index contributed by atoms with van der Waals surface area (Å²) in [5, 5.41) is 7.18. The van der Waals surface area contributed by atoms with Gasteiger partial charge in [0.05, 0.1) is 5.69 Å². The van der Waals surface area contributed by atoms with E-state index in [1.54, 1.807) is 22.9 Å². The zero-order chi connectivity index (χ0) is 21.6. The summed E-state index contributed by atoms with van der Waals surface area (Å²) in [6, 6.07) is 24.4. The summed E-state index contributed by atoms with van der Waals surface area (Å²) in [4.78, 5) is 17.2. The van der Waals surface area contributed by atoms with Crippen molar-refractivity contribution in [3.8, 4) is 5.69 Å². The molecule has 0 aliphatic heterocycles. The van der Waals surface area contributed by atoms with Gasteiger partial charge in [-0.05, 0) is 42.7 Å². The van der Waals surface area contributed by atoms with Crippen LogP contribution in [0.1, 0.15) is 33.1 Å². The number of rotatable bonds is 7. The van der Waals surface area contributed by atoms with Gasteiger partial charge in [-0.1, -0.05) is 60.7 Å². The highest BCUT2D eigenvalue weighted by Crippen LogP contribution is 2.15. The lowest BCUT2D eigenvalue weighted by Gasteiger charge is -2.07. The Labute approximate surface area is 180 Å². The average molecular weight is 414 g/mol. The molecule has 0 unspecified atom stereocenters. The molecule has 1 amide bonds. The van der Waals surface area contributed by atoms with Gasteiger partial charge in [-0.15, -0.1) is 5.10 Å². The van der Waals surface area contributed by atoms with Crippen LogP contribution in [0.5, 0.6) is 0 Å². The van der Waals surface area contributed by atoms with Crippen molar-refractivity contribution in [1.29, 1.82) is 0 Å². The Balaban J connectivity index is 1.57. The zero-order valence-electron chi connectivity index (χ0n) is 17.3. The minimum Gasteiger partial charge on any atom is -0.345 e. The van der Waals surface area contributed by atoms with Crippen molar-refractivity contribution >= 4 is 5.91 Å². The van der Waals surface area contributed by atoms with E-state index in [-0.39, 0.29) is 18.2 Å². The minimum absolute atomic E-state index is 0.0703. The predicted molar refractivity (Wildman–Crippen MR) is 118 cm³/mol. The Morgan fingerprint density at radius 3 is 2.52 bits per heavy atom. The van der Waals surface area contributed by atoms with Crippen LogP contribution in [-0.2, 0) is 19.4 Å². The second kappa shape index (κ2) is 9.34. The summed E-state index contributed by atoms with van der Waals surface area (Å²) < 4.78 is 15.6. The van der Waals surface area contributed by atoms with Crippen LogP contribution in [-0.4, -0.2) is 20.7 Å². The highest BCUT2D eigenvalue weighted by molar-refractivity contribution is 5.90. The summed E-state index contributed by atoms with van der Waals surface area (Å²) in [5.74, 6) is -0.0216. The first kappa shape index (κ1) is 20.5. The number of carbonyl (C=O) groups excluding carboxylic acids is 1. The van der Waals surface area contributed by atoms with E-state index < -0.39 is 5.91 Å². The molecule has 5 nitrogen and oxygen atoms in total. The van der Waals surface area contributed by atoms with Crippen LogP contribution in [0.25, 0.3) is 5.69 Å². The average Bonchev–Trinajstić information content (AvgIpc) is 3.22. The van der Waals surface area contributed by atoms with Crippen LogP contribution in [0.4, 0.5) is 4.39 Å². The van der Waals surface area contributed by atoms with Gasteiger partial charge in [-0.2, -0.15) is 0 Å². The molecule has 0 aliphatic carbocycles. The first-order chi connectivity index (χ1) is 15.1. The van der Waals surface area contributed by atoms with Gasteiger partial charge >= 0.3 is 0 Å². The van der Waals surface area contributed by atoms with E-state index in [1.807, 2.05) is 49.4 Å². The fourth-order valence-electron chi connectivity index (χ4n) is 3.37. The van der Waals surface area contributed by atoms with Crippen LogP contribution in [0, 0.1) is 12.7 Å². The fourth-order valence-corrected chi connectivity index (χ4v) is 3.37. The van der Waals surface area contributed by atoms with E-state index in [2.05, 4.69) is 27.5 Å². The molecule has 156 valence electrons. The molecule has 3 aromatic carbocycles.